The largest absolute Gasteiger partial charge is 0.366 e. The number of pyridine rings is 1. The molecule has 6 nitrogen and oxygen atoms in total. The van der Waals surface area contributed by atoms with E-state index in [-0.39, 0.29) is 5.69 Å². The summed E-state index contributed by atoms with van der Waals surface area (Å²) in [6.45, 7) is 0. The van der Waals surface area contributed by atoms with E-state index in [1.165, 1.54) is 12.1 Å². The van der Waals surface area contributed by atoms with Crippen LogP contribution in [0.5, 0.6) is 0 Å². The van der Waals surface area contributed by atoms with Gasteiger partial charge in [0.25, 0.3) is 5.69 Å². The van der Waals surface area contributed by atoms with Crippen molar-refractivity contribution in [1.82, 2.24) is 4.98 Å². The van der Waals surface area contributed by atoms with Gasteiger partial charge in [-0.1, -0.05) is 40.2 Å². The molecule has 0 saturated heterocycles. The Morgan fingerprint density at radius 1 is 0.774 bits per heavy atom. The molecule has 152 valence electrons. The normalized spacial score (nSPS) is 10.6. The van der Waals surface area contributed by atoms with Crippen LogP contribution < -0.4 is 5.73 Å². The van der Waals surface area contributed by atoms with Gasteiger partial charge in [-0.05, 0) is 59.7 Å². The molecule has 2 N–H and O–H groups in total. The van der Waals surface area contributed by atoms with Crippen molar-refractivity contribution in [3.05, 3.63) is 105 Å². The maximum Gasteiger partial charge on any atom is 0.269 e. The molecule has 0 saturated carbocycles. The molecule has 1 heterocycles. The second-order valence-corrected chi connectivity index (χ2v) is 7.79. The highest BCUT2D eigenvalue weighted by Crippen LogP contribution is 2.31. The van der Waals surface area contributed by atoms with Gasteiger partial charge in [-0.15, -0.1) is 0 Å². The van der Waals surface area contributed by atoms with Gasteiger partial charge in [0, 0.05) is 33.3 Å². The quantitative estimate of drug-likeness (QED) is 0.290. The molecule has 1 amide bonds. The molecule has 3 aromatic carbocycles. The van der Waals surface area contributed by atoms with Gasteiger partial charge in [-0.3, -0.25) is 14.9 Å². The third-order valence-electron chi connectivity index (χ3n) is 4.84. The summed E-state index contributed by atoms with van der Waals surface area (Å²) in [5.41, 5.74) is 10.7. The number of amides is 1. The van der Waals surface area contributed by atoms with Crippen molar-refractivity contribution in [2.24, 2.45) is 5.73 Å². The van der Waals surface area contributed by atoms with Crippen LogP contribution in [0.4, 0.5) is 5.69 Å². The molecule has 4 rings (SSSR count). The van der Waals surface area contributed by atoms with Crippen LogP contribution in [0.3, 0.4) is 0 Å². The van der Waals surface area contributed by atoms with Crippen molar-refractivity contribution in [3.63, 3.8) is 0 Å². The third kappa shape index (κ3) is 4.51. The standard InChI is InChI=1S/C24H16BrN3O3/c25-20-9-5-16(6-10-20)22-13-19(15-1-3-18(4-2-15)24(26)29)14-23(27-22)17-7-11-21(12-8-17)28(30)31/h1-14H,(H2,26,29). The zero-order valence-corrected chi connectivity index (χ0v) is 17.7. The van der Waals surface area contributed by atoms with E-state index in [0.29, 0.717) is 11.3 Å². The Morgan fingerprint density at radius 3 is 1.74 bits per heavy atom. The van der Waals surface area contributed by atoms with Crippen molar-refractivity contribution in [1.29, 1.82) is 0 Å². The molecule has 7 heteroatoms. The van der Waals surface area contributed by atoms with Gasteiger partial charge in [-0.2, -0.15) is 0 Å². The Kier molecular flexibility index (Phi) is 5.60. The summed E-state index contributed by atoms with van der Waals surface area (Å²) in [5, 5.41) is 11.0. The van der Waals surface area contributed by atoms with Crippen molar-refractivity contribution in [2.75, 3.05) is 0 Å². The van der Waals surface area contributed by atoms with E-state index in [9.17, 15) is 14.9 Å². The Hall–Kier alpha value is -3.84. The van der Waals surface area contributed by atoms with E-state index in [1.54, 1.807) is 24.3 Å². The number of carbonyl (C=O) groups excluding carboxylic acids is 1. The maximum atomic E-state index is 11.4. The average Bonchev–Trinajstić information content (AvgIpc) is 2.79. The van der Waals surface area contributed by atoms with Crippen LogP contribution in [-0.2, 0) is 0 Å². The SMILES string of the molecule is NC(=O)c1ccc(-c2cc(-c3ccc(Br)cc3)nc(-c3ccc([N+](=O)[O-])cc3)c2)cc1. The van der Waals surface area contributed by atoms with E-state index in [4.69, 9.17) is 10.7 Å². The van der Waals surface area contributed by atoms with Gasteiger partial charge in [-0.25, -0.2) is 4.98 Å². The van der Waals surface area contributed by atoms with Crippen molar-refractivity contribution in [3.8, 4) is 33.6 Å². The number of nitrogens with two attached hydrogens (primary N) is 1. The molecular formula is C24H16BrN3O3. The lowest BCUT2D eigenvalue weighted by Gasteiger charge is -2.11. The van der Waals surface area contributed by atoms with Gasteiger partial charge in [0.15, 0.2) is 0 Å². The second kappa shape index (κ2) is 8.49. The number of aromatic nitrogens is 1. The topological polar surface area (TPSA) is 99.1 Å². The van der Waals surface area contributed by atoms with E-state index in [0.717, 1.165) is 32.4 Å². The van der Waals surface area contributed by atoms with Crippen molar-refractivity contribution >= 4 is 27.5 Å². The van der Waals surface area contributed by atoms with Gasteiger partial charge >= 0.3 is 0 Å². The van der Waals surface area contributed by atoms with E-state index >= 15 is 0 Å². The van der Waals surface area contributed by atoms with Gasteiger partial charge in [0.2, 0.25) is 5.91 Å². The van der Waals surface area contributed by atoms with Crippen LogP contribution in [-0.4, -0.2) is 15.8 Å². The first-order valence-electron chi connectivity index (χ1n) is 9.34. The van der Waals surface area contributed by atoms with Gasteiger partial charge in [0.05, 0.1) is 16.3 Å². The zero-order chi connectivity index (χ0) is 22.0. The summed E-state index contributed by atoms with van der Waals surface area (Å²) in [4.78, 5) is 26.7. The van der Waals surface area contributed by atoms with Crippen LogP contribution in [0, 0.1) is 10.1 Å². The minimum atomic E-state index is -0.483. The van der Waals surface area contributed by atoms with Gasteiger partial charge < -0.3 is 5.73 Å². The number of nitrogens with zero attached hydrogens (tertiary/aromatic N) is 2. The molecule has 0 atom stereocenters. The fraction of sp³-hybridized carbons (Fsp3) is 0. The summed E-state index contributed by atoms with van der Waals surface area (Å²) in [5.74, 6) is -0.483. The molecule has 0 radical (unpaired) electrons. The van der Waals surface area contributed by atoms with Crippen molar-refractivity contribution in [2.45, 2.75) is 0 Å². The minimum Gasteiger partial charge on any atom is -0.366 e. The van der Waals surface area contributed by atoms with Crippen LogP contribution >= 0.6 is 15.9 Å². The fourth-order valence-electron chi connectivity index (χ4n) is 3.19. The number of hydrogen-bond donors (Lipinski definition) is 1. The number of primary amides is 1. The predicted molar refractivity (Wildman–Crippen MR) is 123 cm³/mol. The number of nitro groups is 1. The molecule has 0 bridgehead atoms. The van der Waals surface area contributed by atoms with E-state index in [1.807, 2.05) is 48.5 Å². The number of benzene rings is 3. The molecule has 0 aliphatic rings. The monoisotopic (exact) mass is 473 g/mol. The van der Waals surface area contributed by atoms with Gasteiger partial charge in [0.1, 0.15) is 0 Å². The summed E-state index contributed by atoms with van der Waals surface area (Å²) < 4.78 is 0.963. The number of nitro benzene ring substituents is 1. The van der Waals surface area contributed by atoms with E-state index in [2.05, 4.69) is 15.9 Å². The maximum absolute atomic E-state index is 11.4. The van der Waals surface area contributed by atoms with Crippen molar-refractivity contribution < 1.29 is 9.72 Å². The van der Waals surface area contributed by atoms with Crippen LogP contribution in [0.15, 0.2) is 89.4 Å². The summed E-state index contributed by atoms with van der Waals surface area (Å²) in [6, 6.07) is 25.0. The number of rotatable bonds is 5. The summed E-state index contributed by atoms with van der Waals surface area (Å²) in [6.07, 6.45) is 0. The Bertz CT molecular complexity index is 1190. The van der Waals surface area contributed by atoms with E-state index < -0.39 is 10.8 Å². The van der Waals surface area contributed by atoms with Crippen LogP contribution in [0.1, 0.15) is 10.4 Å². The predicted octanol–water partition coefficient (Wildman–Crippen LogP) is 5.85. The summed E-state index contributed by atoms with van der Waals surface area (Å²) in [7, 11) is 0. The first-order valence-corrected chi connectivity index (χ1v) is 10.1. The zero-order valence-electron chi connectivity index (χ0n) is 16.2. The Balaban J connectivity index is 1.84. The van der Waals surface area contributed by atoms with Crippen LogP contribution in [0.2, 0.25) is 0 Å². The molecule has 4 aromatic rings. The third-order valence-corrected chi connectivity index (χ3v) is 5.37. The molecule has 0 spiro atoms. The lowest BCUT2D eigenvalue weighted by atomic mass is 9.99. The minimum absolute atomic E-state index is 0.0232. The fourth-order valence-corrected chi connectivity index (χ4v) is 3.46. The number of halogens is 1. The highest BCUT2D eigenvalue weighted by atomic mass is 79.9. The Morgan fingerprint density at radius 2 is 1.26 bits per heavy atom. The number of hydrogen-bond acceptors (Lipinski definition) is 4. The molecule has 0 aliphatic carbocycles. The first kappa shape index (κ1) is 20.4. The number of non-ortho nitro benzene ring substituents is 1. The highest BCUT2D eigenvalue weighted by Gasteiger charge is 2.11. The summed E-state index contributed by atoms with van der Waals surface area (Å²) >= 11 is 3.44. The Labute approximate surface area is 186 Å². The second-order valence-electron chi connectivity index (χ2n) is 6.88. The highest BCUT2D eigenvalue weighted by molar-refractivity contribution is 9.10. The smallest absolute Gasteiger partial charge is 0.269 e. The lowest BCUT2D eigenvalue weighted by Crippen LogP contribution is -2.10. The average molecular weight is 474 g/mol. The molecule has 31 heavy (non-hydrogen) atoms. The molecular weight excluding hydrogens is 458 g/mol. The first-order chi connectivity index (χ1) is 14.9. The van der Waals surface area contributed by atoms with Crippen LogP contribution in [0.25, 0.3) is 33.6 Å². The lowest BCUT2D eigenvalue weighted by molar-refractivity contribution is -0.384. The molecule has 1 aromatic heterocycles. The molecule has 0 aliphatic heterocycles. The molecule has 0 fully saturated rings. The number of carbonyl (C=O) groups is 1. The molecule has 0 unspecified atom stereocenters.